The summed E-state index contributed by atoms with van der Waals surface area (Å²) >= 11 is 0. The predicted molar refractivity (Wildman–Crippen MR) is 72.3 cm³/mol. The standard InChI is InChI=1S/C12H15N3O4S/c1-14-12(17)8-5-11(16)15(7-8)9-3-2-4-10(6-9)20(13,18)19/h2-4,6,8H,5,7H2,1H3,(H,14,17)(H2,13,18,19). The lowest BCUT2D eigenvalue weighted by Gasteiger charge is -2.17. The molecule has 0 radical (unpaired) electrons. The van der Waals surface area contributed by atoms with Gasteiger partial charge in [0.25, 0.3) is 0 Å². The fourth-order valence-corrected chi connectivity index (χ4v) is 2.72. The van der Waals surface area contributed by atoms with Crippen molar-refractivity contribution in [3.8, 4) is 0 Å². The molecule has 0 bridgehead atoms. The van der Waals surface area contributed by atoms with Crippen LogP contribution in [0.1, 0.15) is 6.42 Å². The summed E-state index contributed by atoms with van der Waals surface area (Å²) in [7, 11) is -2.31. The molecule has 7 nitrogen and oxygen atoms in total. The van der Waals surface area contributed by atoms with Gasteiger partial charge in [-0.2, -0.15) is 0 Å². The van der Waals surface area contributed by atoms with Gasteiger partial charge in [-0.3, -0.25) is 9.59 Å². The Kier molecular flexibility index (Phi) is 3.78. The average Bonchev–Trinajstić information content (AvgIpc) is 2.79. The van der Waals surface area contributed by atoms with Crippen molar-refractivity contribution < 1.29 is 18.0 Å². The maximum Gasteiger partial charge on any atom is 0.238 e. The second-order valence-electron chi connectivity index (χ2n) is 4.56. The fourth-order valence-electron chi connectivity index (χ4n) is 2.17. The summed E-state index contributed by atoms with van der Waals surface area (Å²) in [6.07, 6.45) is 0.110. The third-order valence-corrected chi connectivity index (χ3v) is 4.11. The molecular weight excluding hydrogens is 282 g/mol. The molecule has 1 fully saturated rings. The maximum absolute atomic E-state index is 11.9. The van der Waals surface area contributed by atoms with E-state index in [1.807, 2.05) is 0 Å². The maximum atomic E-state index is 11.9. The number of carbonyl (C=O) groups is 2. The molecule has 0 saturated carbocycles. The molecule has 108 valence electrons. The highest BCUT2D eigenvalue weighted by Gasteiger charge is 2.34. The normalized spacial score (nSPS) is 19.2. The van der Waals surface area contributed by atoms with Crippen LogP contribution >= 0.6 is 0 Å². The molecule has 1 atom stereocenters. The van der Waals surface area contributed by atoms with Crippen LogP contribution < -0.4 is 15.4 Å². The molecule has 2 rings (SSSR count). The minimum Gasteiger partial charge on any atom is -0.359 e. The van der Waals surface area contributed by atoms with Gasteiger partial charge in [0.1, 0.15) is 0 Å². The first-order valence-corrected chi connectivity index (χ1v) is 7.52. The van der Waals surface area contributed by atoms with E-state index in [-0.39, 0.29) is 29.7 Å². The van der Waals surface area contributed by atoms with Gasteiger partial charge in [-0.25, -0.2) is 13.6 Å². The van der Waals surface area contributed by atoms with E-state index in [9.17, 15) is 18.0 Å². The lowest BCUT2D eigenvalue weighted by molar-refractivity contribution is -0.125. The Morgan fingerprint density at radius 2 is 2.15 bits per heavy atom. The van der Waals surface area contributed by atoms with E-state index in [0.717, 1.165) is 0 Å². The van der Waals surface area contributed by atoms with E-state index in [1.54, 1.807) is 6.07 Å². The van der Waals surface area contributed by atoms with E-state index in [2.05, 4.69) is 5.32 Å². The number of hydrogen-bond donors (Lipinski definition) is 2. The predicted octanol–water partition coefficient (Wildman–Crippen LogP) is -0.567. The van der Waals surface area contributed by atoms with Crippen LogP contribution in [0.4, 0.5) is 5.69 Å². The van der Waals surface area contributed by atoms with Gasteiger partial charge in [-0.05, 0) is 18.2 Å². The average molecular weight is 297 g/mol. The smallest absolute Gasteiger partial charge is 0.238 e. The van der Waals surface area contributed by atoms with Gasteiger partial charge in [-0.15, -0.1) is 0 Å². The Labute approximate surface area is 116 Å². The van der Waals surface area contributed by atoms with Crippen LogP contribution in [0.2, 0.25) is 0 Å². The molecule has 2 amide bonds. The molecule has 1 heterocycles. The summed E-state index contributed by atoms with van der Waals surface area (Å²) in [5.41, 5.74) is 0.424. The number of nitrogens with two attached hydrogens (primary N) is 1. The molecule has 1 aliphatic heterocycles. The van der Waals surface area contributed by atoms with Crippen molar-refractivity contribution in [1.82, 2.24) is 5.32 Å². The third kappa shape index (κ3) is 2.81. The molecule has 0 spiro atoms. The van der Waals surface area contributed by atoms with E-state index < -0.39 is 15.9 Å². The van der Waals surface area contributed by atoms with Crippen molar-refractivity contribution >= 4 is 27.5 Å². The Hall–Kier alpha value is -1.93. The summed E-state index contributed by atoms with van der Waals surface area (Å²) in [6, 6.07) is 5.81. The van der Waals surface area contributed by atoms with Crippen LogP contribution in [0.3, 0.4) is 0 Å². The van der Waals surface area contributed by atoms with Gasteiger partial charge in [0, 0.05) is 25.7 Å². The molecule has 0 aliphatic carbocycles. The molecule has 1 aliphatic rings. The van der Waals surface area contributed by atoms with Crippen LogP contribution in [-0.2, 0) is 19.6 Å². The second kappa shape index (κ2) is 5.22. The van der Waals surface area contributed by atoms with Gasteiger partial charge in [-0.1, -0.05) is 6.07 Å². The first kappa shape index (κ1) is 14.5. The molecule has 1 aromatic rings. The first-order chi connectivity index (χ1) is 9.32. The number of nitrogens with one attached hydrogen (secondary N) is 1. The molecule has 8 heteroatoms. The summed E-state index contributed by atoms with van der Waals surface area (Å²) in [5.74, 6) is -0.848. The SMILES string of the molecule is CNC(=O)C1CC(=O)N(c2cccc(S(N)(=O)=O)c2)C1. The Morgan fingerprint density at radius 3 is 2.75 bits per heavy atom. The second-order valence-corrected chi connectivity index (χ2v) is 6.12. The number of hydrogen-bond acceptors (Lipinski definition) is 4. The van der Waals surface area contributed by atoms with Crippen LogP contribution in [0.15, 0.2) is 29.2 Å². The van der Waals surface area contributed by atoms with Crippen LogP contribution in [0.5, 0.6) is 0 Å². The Morgan fingerprint density at radius 1 is 1.45 bits per heavy atom. The van der Waals surface area contributed by atoms with E-state index >= 15 is 0 Å². The fraction of sp³-hybridized carbons (Fsp3) is 0.333. The van der Waals surface area contributed by atoms with Crippen molar-refractivity contribution in [3.63, 3.8) is 0 Å². The zero-order valence-electron chi connectivity index (χ0n) is 10.9. The molecule has 1 saturated heterocycles. The Balaban J connectivity index is 2.29. The molecule has 1 unspecified atom stereocenters. The lowest BCUT2D eigenvalue weighted by Crippen LogP contribution is -2.30. The number of anilines is 1. The topological polar surface area (TPSA) is 110 Å². The summed E-state index contributed by atoms with van der Waals surface area (Å²) < 4.78 is 22.6. The van der Waals surface area contributed by atoms with Gasteiger partial charge >= 0.3 is 0 Å². The number of amides is 2. The van der Waals surface area contributed by atoms with Gasteiger partial charge in [0.15, 0.2) is 0 Å². The monoisotopic (exact) mass is 297 g/mol. The summed E-state index contributed by atoms with van der Waals surface area (Å²) in [6.45, 7) is 0.229. The van der Waals surface area contributed by atoms with Gasteiger partial charge in [0.2, 0.25) is 21.8 Å². The highest BCUT2D eigenvalue weighted by atomic mass is 32.2. The number of primary sulfonamides is 1. The van der Waals surface area contributed by atoms with Crippen molar-refractivity contribution in [3.05, 3.63) is 24.3 Å². The third-order valence-electron chi connectivity index (χ3n) is 3.20. The van der Waals surface area contributed by atoms with E-state index in [4.69, 9.17) is 5.14 Å². The summed E-state index contributed by atoms with van der Waals surface area (Å²) in [4.78, 5) is 24.8. The van der Waals surface area contributed by atoms with Crippen molar-refractivity contribution in [2.75, 3.05) is 18.5 Å². The van der Waals surface area contributed by atoms with E-state index in [1.165, 1.54) is 30.1 Å². The number of benzene rings is 1. The number of carbonyl (C=O) groups excluding carboxylic acids is 2. The van der Waals surface area contributed by atoms with Crippen LogP contribution in [0.25, 0.3) is 0 Å². The molecule has 0 aromatic heterocycles. The number of rotatable bonds is 3. The minimum absolute atomic E-state index is 0.0637. The zero-order valence-corrected chi connectivity index (χ0v) is 11.7. The molecular formula is C12H15N3O4S. The molecule has 20 heavy (non-hydrogen) atoms. The first-order valence-electron chi connectivity index (χ1n) is 5.97. The van der Waals surface area contributed by atoms with Crippen molar-refractivity contribution in [1.29, 1.82) is 0 Å². The summed E-state index contributed by atoms with van der Waals surface area (Å²) in [5, 5.41) is 7.56. The van der Waals surface area contributed by atoms with Crippen LogP contribution in [0, 0.1) is 5.92 Å². The van der Waals surface area contributed by atoms with Gasteiger partial charge in [0.05, 0.1) is 10.8 Å². The minimum atomic E-state index is -3.82. The largest absolute Gasteiger partial charge is 0.359 e. The van der Waals surface area contributed by atoms with Crippen molar-refractivity contribution in [2.45, 2.75) is 11.3 Å². The Bertz CT molecular complexity index is 656. The van der Waals surface area contributed by atoms with Crippen LogP contribution in [-0.4, -0.2) is 33.8 Å². The lowest BCUT2D eigenvalue weighted by atomic mass is 10.1. The highest BCUT2D eigenvalue weighted by Crippen LogP contribution is 2.26. The molecule has 1 aromatic carbocycles. The number of sulfonamides is 1. The quantitative estimate of drug-likeness (QED) is 0.778. The molecule has 3 N–H and O–H groups in total. The van der Waals surface area contributed by atoms with Gasteiger partial charge < -0.3 is 10.2 Å². The number of nitrogens with zero attached hydrogens (tertiary/aromatic N) is 1. The van der Waals surface area contributed by atoms with Crippen molar-refractivity contribution in [2.24, 2.45) is 11.1 Å². The van der Waals surface area contributed by atoms with E-state index in [0.29, 0.717) is 5.69 Å². The zero-order chi connectivity index (χ0) is 14.9. The highest BCUT2D eigenvalue weighted by molar-refractivity contribution is 7.89.